The van der Waals surface area contributed by atoms with Crippen LogP contribution in [-0.4, -0.2) is 23.8 Å². The van der Waals surface area contributed by atoms with Gasteiger partial charge in [-0.3, -0.25) is 9.78 Å². The summed E-state index contributed by atoms with van der Waals surface area (Å²) in [7, 11) is 0. The van der Waals surface area contributed by atoms with E-state index in [0.717, 1.165) is 16.6 Å². The third-order valence-corrected chi connectivity index (χ3v) is 6.69. The summed E-state index contributed by atoms with van der Waals surface area (Å²) in [5, 5.41) is 0.603. The number of benzene rings is 1. The van der Waals surface area contributed by atoms with Crippen molar-refractivity contribution in [2.24, 2.45) is 0 Å². The van der Waals surface area contributed by atoms with Crippen molar-refractivity contribution < 1.29 is 4.55 Å². The molecule has 3 N–H and O–H groups in total. The van der Waals surface area contributed by atoms with Crippen molar-refractivity contribution >= 4 is 46.2 Å². The maximum atomic E-state index is 12.5. The predicted molar refractivity (Wildman–Crippen MR) is 118 cm³/mol. The van der Waals surface area contributed by atoms with Crippen LogP contribution in [0.3, 0.4) is 0 Å². The molecular weight excluding hydrogens is 416 g/mol. The van der Waals surface area contributed by atoms with Gasteiger partial charge in [0.15, 0.2) is 4.77 Å². The van der Waals surface area contributed by atoms with Crippen LogP contribution in [0.25, 0.3) is 11.0 Å². The second-order valence-corrected chi connectivity index (χ2v) is 10.5. The van der Waals surface area contributed by atoms with Crippen molar-refractivity contribution in [3.8, 4) is 0 Å². The highest BCUT2D eigenvalue weighted by Gasteiger charge is 2.29. The molecule has 9 heteroatoms. The number of aromatic amines is 2. The fourth-order valence-corrected chi connectivity index (χ4v) is 4.18. The van der Waals surface area contributed by atoms with E-state index < -0.39 is 11.4 Å². The van der Waals surface area contributed by atoms with Crippen LogP contribution >= 0.6 is 23.8 Å². The lowest BCUT2D eigenvalue weighted by molar-refractivity contribution is 0.530. The van der Waals surface area contributed by atoms with Crippen molar-refractivity contribution in [2.45, 2.75) is 45.0 Å². The Labute approximate surface area is 176 Å². The summed E-state index contributed by atoms with van der Waals surface area (Å²) in [6.45, 7) is 8.17. The van der Waals surface area contributed by atoms with Crippen LogP contribution in [0.4, 0.5) is 0 Å². The molecule has 0 saturated carbocycles. The SMILES string of the molecule is C[C@@H](N[S@+]([O-])C(C)(C)C)c1cc(Cl)ccc1Cn1c(=S)[nH]c(=O)c2[nH]ccc21. The molecule has 0 saturated heterocycles. The Hall–Kier alpha value is -1.58. The summed E-state index contributed by atoms with van der Waals surface area (Å²) < 4.78 is 17.5. The third kappa shape index (κ3) is 4.36. The molecule has 0 amide bonds. The van der Waals surface area contributed by atoms with Gasteiger partial charge in [0.2, 0.25) is 0 Å². The number of nitrogens with one attached hydrogen (secondary N) is 3. The summed E-state index contributed by atoms with van der Waals surface area (Å²) in [6.07, 6.45) is 1.71. The van der Waals surface area contributed by atoms with Crippen molar-refractivity contribution in [3.63, 3.8) is 0 Å². The lowest BCUT2D eigenvalue weighted by Gasteiger charge is -2.27. The van der Waals surface area contributed by atoms with Crippen LogP contribution < -0.4 is 10.3 Å². The zero-order chi connectivity index (χ0) is 20.6. The highest BCUT2D eigenvalue weighted by Crippen LogP contribution is 2.26. The number of fused-ring (bicyclic) bond motifs is 1. The van der Waals surface area contributed by atoms with Gasteiger partial charge in [0.25, 0.3) is 5.56 Å². The second kappa shape index (κ2) is 8.04. The van der Waals surface area contributed by atoms with Crippen LogP contribution in [0.5, 0.6) is 0 Å². The molecule has 0 aliphatic heterocycles. The third-order valence-electron chi connectivity index (χ3n) is 4.45. The van der Waals surface area contributed by atoms with E-state index in [1.165, 1.54) is 0 Å². The maximum absolute atomic E-state index is 12.5. The van der Waals surface area contributed by atoms with E-state index in [1.54, 1.807) is 6.20 Å². The standard InChI is InChI=1S/C19H23ClN4O2S2/c1-11(23-28(26)19(2,3)4)14-9-13(20)6-5-12(14)10-24-15-7-8-21-16(15)17(25)22-18(24)27/h5-9,11,21,23H,10H2,1-4H3,(H,22,25,27)/t11-,28-/m1/s1. The molecule has 0 aliphatic rings. The van der Waals surface area contributed by atoms with Crippen LogP contribution in [0.1, 0.15) is 44.9 Å². The molecule has 28 heavy (non-hydrogen) atoms. The highest BCUT2D eigenvalue weighted by molar-refractivity contribution is 7.90. The van der Waals surface area contributed by atoms with Crippen molar-refractivity contribution in [2.75, 3.05) is 0 Å². The van der Waals surface area contributed by atoms with E-state index in [4.69, 9.17) is 23.8 Å². The Bertz CT molecular complexity index is 1110. The summed E-state index contributed by atoms with van der Waals surface area (Å²) in [6, 6.07) is 7.26. The van der Waals surface area contributed by atoms with Crippen molar-refractivity contribution in [3.05, 3.63) is 61.7 Å². The lowest BCUT2D eigenvalue weighted by Crippen LogP contribution is -2.40. The summed E-state index contributed by atoms with van der Waals surface area (Å²) in [5.41, 5.74) is 2.87. The zero-order valence-electron chi connectivity index (χ0n) is 16.1. The second-order valence-electron chi connectivity index (χ2n) is 7.65. The molecule has 0 bridgehead atoms. The van der Waals surface area contributed by atoms with Crippen LogP contribution in [-0.2, 0) is 17.9 Å². The summed E-state index contributed by atoms with van der Waals surface area (Å²) in [5.74, 6) is 0. The van der Waals surface area contributed by atoms with Gasteiger partial charge in [0, 0.05) is 22.6 Å². The Morgan fingerprint density at radius 2 is 2.07 bits per heavy atom. The first-order valence-corrected chi connectivity index (χ1v) is 10.8. The molecule has 2 aromatic heterocycles. The first-order valence-electron chi connectivity index (χ1n) is 8.84. The fraction of sp³-hybridized carbons (Fsp3) is 0.368. The van der Waals surface area contributed by atoms with E-state index >= 15 is 0 Å². The average Bonchev–Trinajstić information content (AvgIpc) is 3.08. The molecule has 3 rings (SSSR count). The van der Waals surface area contributed by atoms with Gasteiger partial charge in [0.05, 0.1) is 18.1 Å². The highest BCUT2D eigenvalue weighted by atomic mass is 35.5. The Morgan fingerprint density at radius 3 is 2.75 bits per heavy atom. The van der Waals surface area contributed by atoms with Crippen LogP contribution in [0.2, 0.25) is 5.02 Å². The van der Waals surface area contributed by atoms with Gasteiger partial charge < -0.3 is 14.1 Å². The van der Waals surface area contributed by atoms with Gasteiger partial charge >= 0.3 is 0 Å². The number of hydrogen-bond donors (Lipinski definition) is 3. The minimum Gasteiger partial charge on any atom is -0.598 e. The van der Waals surface area contributed by atoms with Gasteiger partial charge in [-0.25, -0.2) is 0 Å². The molecule has 3 aromatic rings. The molecule has 0 radical (unpaired) electrons. The number of halogens is 1. The van der Waals surface area contributed by atoms with Crippen LogP contribution in [0, 0.1) is 4.77 Å². The first-order chi connectivity index (χ1) is 13.1. The number of rotatable bonds is 5. The molecule has 1 aromatic carbocycles. The number of hydrogen-bond acceptors (Lipinski definition) is 4. The predicted octanol–water partition coefficient (Wildman–Crippen LogP) is 4.20. The van der Waals surface area contributed by atoms with Crippen molar-refractivity contribution in [1.82, 2.24) is 19.3 Å². The molecule has 0 fully saturated rings. The van der Waals surface area contributed by atoms with Gasteiger partial charge in [0.1, 0.15) is 10.3 Å². The molecular formula is C19H23ClN4O2S2. The smallest absolute Gasteiger partial charge is 0.276 e. The quantitative estimate of drug-likeness (QED) is 0.411. The Morgan fingerprint density at radius 1 is 1.36 bits per heavy atom. The molecule has 0 unspecified atom stereocenters. The van der Waals surface area contributed by atoms with Crippen LogP contribution in [0.15, 0.2) is 35.3 Å². The molecule has 150 valence electrons. The summed E-state index contributed by atoms with van der Waals surface area (Å²) >= 11 is 10.4. The normalized spacial score (nSPS) is 14.4. The van der Waals surface area contributed by atoms with Crippen molar-refractivity contribution in [1.29, 1.82) is 0 Å². The maximum Gasteiger partial charge on any atom is 0.276 e. The first kappa shape index (κ1) is 21.1. The Kier molecular flexibility index (Phi) is 6.07. The minimum absolute atomic E-state index is 0.188. The molecule has 6 nitrogen and oxygen atoms in total. The van der Waals surface area contributed by atoms with E-state index in [2.05, 4.69) is 14.7 Å². The van der Waals surface area contributed by atoms with Gasteiger partial charge in [-0.2, -0.15) is 0 Å². The largest absolute Gasteiger partial charge is 0.598 e. The van der Waals surface area contributed by atoms with Gasteiger partial charge in [-0.15, -0.1) is 4.72 Å². The van der Waals surface area contributed by atoms with E-state index in [-0.39, 0.29) is 16.3 Å². The van der Waals surface area contributed by atoms with E-state index in [0.29, 0.717) is 21.9 Å². The topological polar surface area (TPSA) is 88.7 Å². The zero-order valence-corrected chi connectivity index (χ0v) is 18.5. The number of nitrogens with zero attached hydrogens (tertiary/aromatic N) is 1. The lowest BCUT2D eigenvalue weighted by atomic mass is 10.0. The fourth-order valence-electron chi connectivity index (χ4n) is 2.95. The molecule has 0 spiro atoms. The Balaban J connectivity index is 2.02. The summed E-state index contributed by atoms with van der Waals surface area (Å²) in [4.78, 5) is 17.7. The minimum atomic E-state index is -1.23. The average molecular weight is 439 g/mol. The van der Waals surface area contributed by atoms with Gasteiger partial charge in [-0.05, 0) is 69.2 Å². The number of H-pyrrole nitrogens is 2. The van der Waals surface area contributed by atoms with E-state index in [9.17, 15) is 9.35 Å². The molecule has 0 aliphatic carbocycles. The monoisotopic (exact) mass is 438 g/mol. The molecule has 2 heterocycles. The van der Waals surface area contributed by atoms with Gasteiger partial charge in [-0.1, -0.05) is 17.7 Å². The number of aromatic nitrogens is 3. The van der Waals surface area contributed by atoms with E-state index in [1.807, 2.05) is 56.5 Å². The molecule has 2 atom stereocenters.